The number of hydrogen-bond acceptors (Lipinski definition) is 3. The van der Waals surface area contributed by atoms with E-state index in [0.29, 0.717) is 5.56 Å². The predicted molar refractivity (Wildman–Crippen MR) is 80.8 cm³/mol. The fourth-order valence-electron chi connectivity index (χ4n) is 3.45. The van der Waals surface area contributed by atoms with Crippen molar-refractivity contribution in [1.29, 1.82) is 0 Å². The summed E-state index contributed by atoms with van der Waals surface area (Å²) in [5, 5.41) is 0. The Morgan fingerprint density at radius 1 is 1.17 bits per heavy atom. The van der Waals surface area contributed by atoms with Crippen molar-refractivity contribution in [3.63, 3.8) is 0 Å². The highest BCUT2D eigenvalue weighted by molar-refractivity contribution is 5.83. The molecular weight excluding hydrogens is 302 g/mol. The Balaban J connectivity index is 2.04. The maximum Gasteiger partial charge on any atom is 0.345 e. The summed E-state index contributed by atoms with van der Waals surface area (Å²) >= 11 is 0. The Hall–Kier alpha value is -1.49. The second-order valence-electron chi connectivity index (χ2n) is 7.62. The van der Waals surface area contributed by atoms with Crippen molar-refractivity contribution in [3.05, 3.63) is 35.9 Å². The van der Waals surface area contributed by atoms with Crippen molar-refractivity contribution in [2.24, 2.45) is 11.3 Å². The van der Waals surface area contributed by atoms with Gasteiger partial charge in [0.25, 0.3) is 0 Å². The molecule has 23 heavy (non-hydrogen) atoms. The number of carbonyl (C=O) groups is 1. The summed E-state index contributed by atoms with van der Waals surface area (Å²) in [6.07, 6.45) is -1.07. The molecule has 1 aromatic rings. The first-order valence-corrected chi connectivity index (χ1v) is 7.97. The molecule has 1 saturated carbocycles. The first-order valence-electron chi connectivity index (χ1n) is 7.97. The van der Waals surface area contributed by atoms with Gasteiger partial charge in [0, 0.05) is 24.2 Å². The van der Waals surface area contributed by atoms with Gasteiger partial charge in [-0.1, -0.05) is 51.1 Å². The molecule has 0 unspecified atom stereocenters. The van der Waals surface area contributed by atoms with E-state index in [1.165, 1.54) is 0 Å². The number of benzene rings is 1. The molecule has 0 amide bonds. The van der Waals surface area contributed by atoms with Crippen LogP contribution in [0.1, 0.15) is 45.6 Å². The Kier molecular flexibility index (Phi) is 3.75. The maximum atomic E-state index is 13.8. The first-order chi connectivity index (χ1) is 10.7. The molecule has 3 atom stereocenters. The fraction of sp³-hybridized carbons (Fsp3) is 0.611. The molecule has 3 nitrogen and oxygen atoms in total. The zero-order chi connectivity index (χ0) is 16.9. The third-order valence-electron chi connectivity index (χ3n) is 4.70. The summed E-state index contributed by atoms with van der Waals surface area (Å²) in [6.45, 7) is 5.69. The average Bonchev–Trinajstić information content (AvgIpc) is 3.00. The molecule has 1 heterocycles. The molecule has 0 spiro atoms. The Morgan fingerprint density at radius 3 is 2.30 bits per heavy atom. The molecule has 2 aliphatic rings. The summed E-state index contributed by atoms with van der Waals surface area (Å²) in [5.74, 6) is -3.89. The van der Waals surface area contributed by atoms with E-state index in [1.54, 1.807) is 24.3 Å². The van der Waals surface area contributed by atoms with Crippen molar-refractivity contribution in [3.8, 4) is 0 Å². The average molecular weight is 324 g/mol. The smallest absolute Gasteiger partial charge is 0.345 e. The molecule has 126 valence electrons. The second-order valence-corrected chi connectivity index (χ2v) is 7.62. The van der Waals surface area contributed by atoms with Gasteiger partial charge in [0.05, 0.1) is 0 Å². The van der Waals surface area contributed by atoms with Crippen LogP contribution in [-0.4, -0.2) is 18.2 Å². The molecule has 3 rings (SSSR count). The lowest BCUT2D eigenvalue weighted by Gasteiger charge is -2.33. The maximum absolute atomic E-state index is 13.8. The molecule has 0 aromatic heterocycles. The normalized spacial score (nSPS) is 33.7. The van der Waals surface area contributed by atoms with Gasteiger partial charge in [0.15, 0.2) is 5.60 Å². The van der Waals surface area contributed by atoms with Gasteiger partial charge >= 0.3 is 5.97 Å². The van der Waals surface area contributed by atoms with E-state index in [9.17, 15) is 13.6 Å². The minimum Gasteiger partial charge on any atom is -0.433 e. The van der Waals surface area contributed by atoms with Gasteiger partial charge in [-0.3, -0.25) is 0 Å². The number of esters is 1. The summed E-state index contributed by atoms with van der Waals surface area (Å²) < 4.78 is 39.1. The lowest BCUT2D eigenvalue weighted by Crippen LogP contribution is -2.42. The van der Waals surface area contributed by atoms with E-state index in [-0.39, 0.29) is 19.3 Å². The molecule has 1 saturated heterocycles. The van der Waals surface area contributed by atoms with Crippen molar-refractivity contribution in [2.75, 3.05) is 0 Å². The molecule has 5 heteroatoms. The largest absolute Gasteiger partial charge is 0.433 e. The summed E-state index contributed by atoms with van der Waals surface area (Å²) in [4.78, 5) is 12.8. The number of cyclic esters (lactones) is 1. The summed E-state index contributed by atoms with van der Waals surface area (Å²) in [7, 11) is 0. The highest BCUT2D eigenvalue weighted by atomic mass is 19.3. The van der Waals surface area contributed by atoms with Crippen LogP contribution < -0.4 is 0 Å². The number of alkyl halides is 2. The summed E-state index contributed by atoms with van der Waals surface area (Å²) in [6, 6.07) is 8.89. The minimum atomic E-state index is -2.75. The first kappa shape index (κ1) is 16.4. The molecule has 1 aliphatic carbocycles. The van der Waals surface area contributed by atoms with Gasteiger partial charge in [0.1, 0.15) is 0 Å². The lowest BCUT2D eigenvalue weighted by molar-refractivity contribution is -0.163. The van der Waals surface area contributed by atoms with Gasteiger partial charge in [-0.15, -0.1) is 0 Å². The molecule has 2 fully saturated rings. The Bertz CT molecular complexity index is 594. The van der Waals surface area contributed by atoms with Crippen LogP contribution in [0.15, 0.2) is 30.3 Å². The van der Waals surface area contributed by atoms with Gasteiger partial charge < -0.3 is 9.47 Å². The SMILES string of the molecule is CC(C)(C)[C@H]1OC(=O)[C@](c2ccccc2)([C@H]2CCC(F)(F)C2)O1. The van der Waals surface area contributed by atoms with E-state index < -0.39 is 35.1 Å². The lowest BCUT2D eigenvalue weighted by atomic mass is 9.80. The molecule has 1 aromatic carbocycles. The van der Waals surface area contributed by atoms with Gasteiger partial charge in [0.2, 0.25) is 12.2 Å². The number of halogens is 2. The number of ether oxygens (including phenoxy) is 2. The molecule has 0 N–H and O–H groups in total. The zero-order valence-electron chi connectivity index (χ0n) is 13.6. The van der Waals surface area contributed by atoms with Crippen LogP contribution in [0.4, 0.5) is 8.78 Å². The van der Waals surface area contributed by atoms with E-state index in [0.717, 1.165) is 0 Å². The third-order valence-corrected chi connectivity index (χ3v) is 4.70. The van der Waals surface area contributed by atoms with E-state index in [2.05, 4.69) is 0 Å². The van der Waals surface area contributed by atoms with Gasteiger partial charge in [-0.2, -0.15) is 0 Å². The zero-order valence-corrected chi connectivity index (χ0v) is 13.6. The second kappa shape index (κ2) is 5.26. The quantitative estimate of drug-likeness (QED) is 0.762. The monoisotopic (exact) mass is 324 g/mol. The number of hydrogen-bond donors (Lipinski definition) is 0. The molecule has 1 aliphatic heterocycles. The topological polar surface area (TPSA) is 35.5 Å². The summed E-state index contributed by atoms with van der Waals surface area (Å²) in [5.41, 5.74) is -1.26. The third kappa shape index (κ3) is 2.75. The van der Waals surface area contributed by atoms with Crippen LogP contribution in [-0.2, 0) is 19.9 Å². The standard InChI is InChI=1S/C18H22F2O3/c1-16(2,3)15-22-14(21)18(23-15,12-7-5-4-6-8-12)13-9-10-17(19,20)11-13/h4-8,13,15H,9-11H2,1-3H3/t13-,15-,18-/m0/s1. The highest BCUT2D eigenvalue weighted by Gasteiger charge is 2.62. The number of rotatable bonds is 2. The van der Waals surface area contributed by atoms with Crippen LogP contribution in [0.2, 0.25) is 0 Å². The van der Waals surface area contributed by atoms with Crippen LogP contribution in [0, 0.1) is 11.3 Å². The van der Waals surface area contributed by atoms with E-state index in [4.69, 9.17) is 9.47 Å². The van der Waals surface area contributed by atoms with Crippen molar-refractivity contribution < 1.29 is 23.0 Å². The van der Waals surface area contributed by atoms with Gasteiger partial charge in [-0.25, -0.2) is 13.6 Å². The van der Waals surface area contributed by atoms with Crippen molar-refractivity contribution in [1.82, 2.24) is 0 Å². The predicted octanol–water partition coefficient (Wildman–Crippen LogP) is 4.26. The molecular formula is C18H22F2O3. The van der Waals surface area contributed by atoms with Crippen molar-refractivity contribution >= 4 is 5.97 Å². The van der Waals surface area contributed by atoms with Gasteiger partial charge in [-0.05, 0) is 12.0 Å². The van der Waals surface area contributed by atoms with E-state index >= 15 is 0 Å². The highest BCUT2D eigenvalue weighted by Crippen LogP contribution is 2.53. The Morgan fingerprint density at radius 2 is 1.83 bits per heavy atom. The fourth-order valence-corrected chi connectivity index (χ4v) is 3.45. The Labute approximate surface area is 135 Å². The van der Waals surface area contributed by atoms with E-state index in [1.807, 2.05) is 26.8 Å². The van der Waals surface area contributed by atoms with Crippen LogP contribution in [0.3, 0.4) is 0 Å². The van der Waals surface area contributed by atoms with Crippen LogP contribution >= 0.6 is 0 Å². The molecule has 0 bridgehead atoms. The number of carbonyl (C=O) groups excluding carboxylic acids is 1. The van der Waals surface area contributed by atoms with Crippen LogP contribution in [0.25, 0.3) is 0 Å². The molecule has 0 radical (unpaired) electrons. The minimum absolute atomic E-state index is 0.219. The van der Waals surface area contributed by atoms with Crippen LogP contribution in [0.5, 0.6) is 0 Å². The van der Waals surface area contributed by atoms with Crippen molar-refractivity contribution in [2.45, 2.75) is 57.8 Å².